The van der Waals surface area contributed by atoms with E-state index in [0.717, 1.165) is 5.56 Å². The van der Waals surface area contributed by atoms with Crippen molar-refractivity contribution >= 4 is 0 Å². The lowest BCUT2D eigenvalue weighted by atomic mass is 10.0. The van der Waals surface area contributed by atoms with Crippen LogP contribution in [0.5, 0.6) is 0 Å². The van der Waals surface area contributed by atoms with Crippen LogP contribution in [0.15, 0.2) is 24.3 Å². The number of benzene rings is 1. The van der Waals surface area contributed by atoms with E-state index in [2.05, 4.69) is 5.32 Å². The number of alkyl halides is 3. The second-order valence-electron chi connectivity index (χ2n) is 5.41. The highest BCUT2D eigenvalue weighted by Crippen LogP contribution is 2.49. The van der Waals surface area contributed by atoms with Gasteiger partial charge in [-0.3, -0.25) is 5.32 Å². The summed E-state index contributed by atoms with van der Waals surface area (Å²) in [6, 6.07) is 7.85. The molecule has 0 amide bonds. The summed E-state index contributed by atoms with van der Waals surface area (Å²) < 4.78 is 38.4. The van der Waals surface area contributed by atoms with E-state index < -0.39 is 11.7 Å². The molecule has 2 saturated carbocycles. The van der Waals surface area contributed by atoms with Gasteiger partial charge in [0.25, 0.3) is 0 Å². The Kier molecular flexibility index (Phi) is 2.66. The van der Waals surface area contributed by atoms with Crippen molar-refractivity contribution in [3.8, 4) is 0 Å². The molecule has 1 aromatic carbocycles. The zero-order valence-electron chi connectivity index (χ0n) is 10.1. The van der Waals surface area contributed by atoms with Crippen LogP contribution >= 0.6 is 0 Å². The molecule has 0 heterocycles. The number of rotatable bonds is 4. The van der Waals surface area contributed by atoms with Crippen LogP contribution in [0, 0.1) is 0 Å². The number of hydrogen-bond acceptors (Lipinski definition) is 1. The highest BCUT2D eigenvalue weighted by atomic mass is 19.4. The molecule has 1 nitrogen and oxygen atoms in total. The Morgan fingerprint density at radius 1 is 1.17 bits per heavy atom. The highest BCUT2D eigenvalue weighted by molar-refractivity contribution is 5.33. The zero-order valence-corrected chi connectivity index (χ0v) is 10.1. The predicted octanol–water partition coefficient (Wildman–Crippen LogP) is 3.75. The Morgan fingerprint density at radius 3 is 2.39 bits per heavy atom. The van der Waals surface area contributed by atoms with Gasteiger partial charge in [0.15, 0.2) is 0 Å². The highest BCUT2D eigenvalue weighted by Gasteiger charge is 2.62. The fourth-order valence-corrected chi connectivity index (χ4v) is 2.44. The molecule has 0 aliphatic heterocycles. The SMILES string of the molecule is FC(F)(F)C1(NCc2ccccc2C2CC2)CC1. The molecule has 2 fully saturated rings. The van der Waals surface area contributed by atoms with E-state index >= 15 is 0 Å². The lowest BCUT2D eigenvalue weighted by molar-refractivity contribution is -0.166. The standard InChI is InChI=1S/C14H16F3N/c15-14(16,17)13(7-8-13)18-9-11-3-1-2-4-12(11)10-5-6-10/h1-4,10,18H,5-9H2. The average Bonchev–Trinajstić information content (AvgIpc) is 3.18. The molecule has 0 spiro atoms. The predicted molar refractivity (Wildman–Crippen MR) is 63.3 cm³/mol. The molecule has 18 heavy (non-hydrogen) atoms. The van der Waals surface area contributed by atoms with Gasteiger partial charge in [-0.1, -0.05) is 24.3 Å². The molecule has 4 heteroatoms. The van der Waals surface area contributed by atoms with Crippen molar-refractivity contribution in [3.05, 3.63) is 35.4 Å². The van der Waals surface area contributed by atoms with Crippen LogP contribution in [0.4, 0.5) is 13.2 Å². The molecule has 0 radical (unpaired) electrons. The quantitative estimate of drug-likeness (QED) is 0.864. The first kappa shape index (κ1) is 12.0. The number of halogens is 3. The van der Waals surface area contributed by atoms with Crippen molar-refractivity contribution in [1.82, 2.24) is 5.32 Å². The van der Waals surface area contributed by atoms with Crippen molar-refractivity contribution in [2.45, 2.75) is 49.9 Å². The van der Waals surface area contributed by atoms with Crippen molar-refractivity contribution in [1.29, 1.82) is 0 Å². The molecule has 2 aliphatic rings. The molecule has 0 saturated heterocycles. The van der Waals surface area contributed by atoms with Crippen LogP contribution in [0.3, 0.4) is 0 Å². The first-order valence-corrected chi connectivity index (χ1v) is 6.41. The van der Waals surface area contributed by atoms with E-state index in [0.29, 0.717) is 12.5 Å². The third-order valence-electron chi connectivity index (χ3n) is 3.98. The molecule has 0 atom stereocenters. The number of nitrogens with one attached hydrogen (secondary N) is 1. The van der Waals surface area contributed by atoms with E-state index in [-0.39, 0.29) is 12.8 Å². The van der Waals surface area contributed by atoms with Gasteiger partial charge >= 0.3 is 6.18 Å². The van der Waals surface area contributed by atoms with E-state index in [1.807, 2.05) is 24.3 Å². The average molecular weight is 255 g/mol. The zero-order chi connectivity index (χ0) is 12.8. The van der Waals surface area contributed by atoms with Gasteiger partial charge in [0, 0.05) is 6.54 Å². The molecular weight excluding hydrogens is 239 g/mol. The third-order valence-corrected chi connectivity index (χ3v) is 3.98. The molecule has 98 valence electrons. The summed E-state index contributed by atoms with van der Waals surface area (Å²) in [5.74, 6) is 0.573. The molecule has 0 unspecified atom stereocenters. The summed E-state index contributed by atoms with van der Waals surface area (Å²) in [5, 5.41) is 2.72. The van der Waals surface area contributed by atoms with Crippen LogP contribution in [-0.4, -0.2) is 11.7 Å². The minimum absolute atomic E-state index is 0.210. The fourth-order valence-electron chi connectivity index (χ4n) is 2.44. The first-order valence-electron chi connectivity index (χ1n) is 6.41. The van der Waals surface area contributed by atoms with Crippen molar-refractivity contribution in [2.24, 2.45) is 0 Å². The van der Waals surface area contributed by atoms with Gasteiger partial charge in [0.1, 0.15) is 5.54 Å². The molecule has 0 bridgehead atoms. The van der Waals surface area contributed by atoms with E-state index in [1.165, 1.54) is 18.4 Å². The summed E-state index contributed by atoms with van der Waals surface area (Å²) in [6.45, 7) is 0.326. The Balaban J connectivity index is 1.71. The normalized spacial score (nSPS) is 21.9. The Morgan fingerprint density at radius 2 is 1.83 bits per heavy atom. The third kappa shape index (κ3) is 2.14. The van der Waals surface area contributed by atoms with E-state index in [4.69, 9.17) is 0 Å². The lowest BCUT2D eigenvalue weighted by Crippen LogP contribution is -2.44. The van der Waals surface area contributed by atoms with Crippen LogP contribution in [-0.2, 0) is 6.54 Å². The maximum atomic E-state index is 12.8. The Labute approximate surface area is 104 Å². The maximum Gasteiger partial charge on any atom is 0.406 e. The minimum atomic E-state index is -4.12. The van der Waals surface area contributed by atoms with Crippen molar-refractivity contribution in [2.75, 3.05) is 0 Å². The largest absolute Gasteiger partial charge is 0.406 e. The van der Waals surface area contributed by atoms with Gasteiger partial charge in [-0.2, -0.15) is 13.2 Å². The maximum absolute atomic E-state index is 12.8. The fraction of sp³-hybridized carbons (Fsp3) is 0.571. The summed E-state index contributed by atoms with van der Waals surface area (Å²) in [5.41, 5.74) is 0.641. The Hall–Kier alpha value is -1.03. The van der Waals surface area contributed by atoms with E-state index in [9.17, 15) is 13.2 Å². The second kappa shape index (κ2) is 3.98. The lowest BCUT2D eigenvalue weighted by Gasteiger charge is -2.21. The van der Waals surface area contributed by atoms with E-state index in [1.54, 1.807) is 0 Å². The topological polar surface area (TPSA) is 12.0 Å². The summed E-state index contributed by atoms with van der Waals surface area (Å²) in [4.78, 5) is 0. The van der Waals surface area contributed by atoms with Gasteiger partial charge in [0.05, 0.1) is 0 Å². The molecular formula is C14H16F3N. The minimum Gasteiger partial charge on any atom is -0.299 e. The van der Waals surface area contributed by atoms with Gasteiger partial charge in [0.2, 0.25) is 0 Å². The Bertz CT molecular complexity index is 445. The van der Waals surface area contributed by atoms with Gasteiger partial charge < -0.3 is 0 Å². The van der Waals surface area contributed by atoms with Crippen LogP contribution in [0.2, 0.25) is 0 Å². The molecule has 1 N–H and O–H groups in total. The van der Waals surface area contributed by atoms with Gasteiger partial charge in [-0.25, -0.2) is 0 Å². The van der Waals surface area contributed by atoms with Crippen molar-refractivity contribution < 1.29 is 13.2 Å². The monoisotopic (exact) mass is 255 g/mol. The number of hydrogen-bond donors (Lipinski definition) is 1. The van der Waals surface area contributed by atoms with Gasteiger partial charge in [-0.05, 0) is 42.7 Å². The molecule has 1 aromatic rings. The van der Waals surface area contributed by atoms with Crippen molar-refractivity contribution in [3.63, 3.8) is 0 Å². The summed E-state index contributed by atoms with van der Waals surface area (Å²) >= 11 is 0. The van der Waals surface area contributed by atoms with Crippen LogP contribution in [0.25, 0.3) is 0 Å². The molecule has 0 aromatic heterocycles. The van der Waals surface area contributed by atoms with Gasteiger partial charge in [-0.15, -0.1) is 0 Å². The second-order valence-corrected chi connectivity index (χ2v) is 5.41. The summed E-state index contributed by atoms with van der Waals surface area (Å²) in [6.07, 6.45) is -1.37. The first-order chi connectivity index (χ1) is 8.52. The smallest absolute Gasteiger partial charge is 0.299 e. The summed E-state index contributed by atoms with van der Waals surface area (Å²) in [7, 11) is 0. The van der Waals surface area contributed by atoms with Crippen LogP contribution < -0.4 is 5.32 Å². The molecule has 3 rings (SSSR count). The van der Waals surface area contributed by atoms with Crippen LogP contribution in [0.1, 0.15) is 42.7 Å². The molecule has 2 aliphatic carbocycles.